The van der Waals surface area contributed by atoms with Crippen LogP contribution in [0.15, 0.2) is 5.10 Å². The van der Waals surface area contributed by atoms with Gasteiger partial charge >= 0.3 is 0 Å². The number of Topliss-reactive ketones (excluding diaryl/α,β-unsaturated/α-hetero) is 1. The van der Waals surface area contributed by atoms with Gasteiger partial charge in [-0.15, -0.1) is 0 Å². The summed E-state index contributed by atoms with van der Waals surface area (Å²) in [6.07, 6.45) is 2.30. The normalized spacial score (nSPS) is 9.91. The fourth-order valence-electron chi connectivity index (χ4n) is 0.401. The molecule has 0 aromatic rings. The van der Waals surface area contributed by atoms with Crippen molar-refractivity contribution < 1.29 is 4.79 Å². The number of carbonyl (C=O) groups is 1. The Kier molecular flexibility index (Phi) is 5.28. The molecular formula is C6H11N3OS. The van der Waals surface area contributed by atoms with Crippen LogP contribution in [-0.4, -0.2) is 17.1 Å². The lowest BCUT2D eigenvalue weighted by molar-refractivity contribution is -0.117. The van der Waals surface area contributed by atoms with Crippen LogP contribution in [0, 0.1) is 0 Å². The average Bonchev–Trinajstić information content (AvgIpc) is 1.97. The average molecular weight is 173 g/mol. The second kappa shape index (κ2) is 5.79. The second-order valence-electron chi connectivity index (χ2n) is 1.88. The number of hydrazone groups is 1. The van der Waals surface area contributed by atoms with Gasteiger partial charge in [-0.05, 0) is 12.2 Å². The van der Waals surface area contributed by atoms with Crippen molar-refractivity contribution in [2.45, 2.75) is 19.8 Å². The number of nitrogens with one attached hydrogen (secondary N) is 1. The first-order valence-corrected chi connectivity index (χ1v) is 3.66. The molecule has 4 nitrogen and oxygen atoms in total. The van der Waals surface area contributed by atoms with E-state index in [2.05, 4.69) is 22.7 Å². The fraction of sp³-hybridized carbons (Fsp3) is 0.500. The third-order valence-electron chi connectivity index (χ3n) is 0.979. The number of rotatable bonds is 4. The van der Waals surface area contributed by atoms with Gasteiger partial charge in [0.05, 0.1) is 0 Å². The number of nitrogens with two attached hydrogens (primary N) is 1. The van der Waals surface area contributed by atoms with Gasteiger partial charge in [-0.1, -0.05) is 6.92 Å². The van der Waals surface area contributed by atoms with Crippen LogP contribution in [0.4, 0.5) is 0 Å². The first-order chi connectivity index (χ1) is 5.16. The summed E-state index contributed by atoms with van der Waals surface area (Å²) in [4.78, 5) is 10.7. The monoisotopic (exact) mass is 173 g/mol. The molecule has 0 fully saturated rings. The quantitative estimate of drug-likeness (QED) is 0.361. The first-order valence-electron chi connectivity index (χ1n) is 3.25. The molecule has 0 atom stereocenters. The van der Waals surface area contributed by atoms with E-state index in [1.807, 2.05) is 0 Å². The van der Waals surface area contributed by atoms with Crippen molar-refractivity contribution >= 4 is 29.3 Å². The summed E-state index contributed by atoms with van der Waals surface area (Å²) in [5.41, 5.74) is 7.41. The highest BCUT2D eigenvalue weighted by molar-refractivity contribution is 7.80. The van der Waals surface area contributed by atoms with Gasteiger partial charge in [-0.3, -0.25) is 10.2 Å². The van der Waals surface area contributed by atoms with E-state index in [4.69, 9.17) is 5.73 Å². The molecule has 3 N–H and O–H groups in total. The highest BCUT2D eigenvalue weighted by Gasteiger charge is 1.92. The third-order valence-corrected chi connectivity index (χ3v) is 1.07. The molecule has 0 aliphatic rings. The Morgan fingerprint density at radius 3 is 2.91 bits per heavy atom. The zero-order valence-corrected chi connectivity index (χ0v) is 7.15. The number of carbonyl (C=O) groups excluding carboxylic acids is 1. The van der Waals surface area contributed by atoms with Crippen LogP contribution in [0.2, 0.25) is 0 Å². The predicted molar refractivity (Wildman–Crippen MR) is 48.3 cm³/mol. The smallest absolute Gasteiger partial charge is 0.184 e. The Morgan fingerprint density at radius 1 is 1.82 bits per heavy atom. The molecule has 5 heteroatoms. The molecule has 0 rings (SSSR count). The van der Waals surface area contributed by atoms with Gasteiger partial charge in [0, 0.05) is 19.1 Å². The lowest BCUT2D eigenvalue weighted by atomic mass is 10.2. The van der Waals surface area contributed by atoms with Crippen molar-refractivity contribution in [2.24, 2.45) is 10.8 Å². The SMILES string of the molecule is CCC(=O)CC=NNC(N)=S. The van der Waals surface area contributed by atoms with Crippen molar-refractivity contribution in [3.8, 4) is 0 Å². The number of hydrogen-bond donors (Lipinski definition) is 2. The Labute approximate surface area is 70.8 Å². The molecule has 0 saturated heterocycles. The highest BCUT2D eigenvalue weighted by atomic mass is 32.1. The van der Waals surface area contributed by atoms with Gasteiger partial charge in [-0.25, -0.2) is 0 Å². The van der Waals surface area contributed by atoms with Crippen LogP contribution in [-0.2, 0) is 4.79 Å². The summed E-state index contributed by atoms with van der Waals surface area (Å²) in [5, 5.41) is 3.70. The van der Waals surface area contributed by atoms with E-state index in [1.54, 1.807) is 6.92 Å². The third kappa shape index (κ3) is 6.92. The molecule has 0 aliphatic carbocycles. The van der Waals surface area contributed by atoms with Crippen molar-refractivity contribution in [2.75, 3.05) is 0 Å². The number of ketones is 1. The Bertz CT molecular complexity index is 179. The largest absolute Gasteiger partial charge is 0.375 e. The lowest BCUT2D eigenvalue weighted by Crippen LogP contribution is -2.24. The van der Waals surface area contributed by atoms with Crippen LogP contribution in [0.25, 0.3) is 0 Å². The van der Waals surface area contributed by atoms with Gasteiger partial charge in [0.1, 0.15) is 5.78 Å². The van der Waals surface area contributed by atoms with E-state index >= 15 is 0 Å². The van der Waals surface area contributed by atoms with Crippen molar-refractivity contribution in [3.63, 3.8) is 0 Å². The standard InChI is InChI=1S/C6H11N3OS/c1-2-5(10)3-4-8-9-6(7)11/h4H,2-3H2,1H3,(H3,7,9,11). The molecule has 0 aromatic carbocycles. The zero-order valence-electron chi connectivity index (χ0n) is 6.33. The maximum Gasteiger partial charge on any atom is 0.184 e. The van der Waals surface area contributed by atoms with Gasteiger partial charge in [0.15, 0.2) is 5.11 Å². The molecule has 0 amide bonds. The van der Waals surface area contributed by atoms with Crippen LogP contribution < -0.4 is 11.2 Å². The minimum Gasteiger partial charge on any atom is -0.375 e. The van der Waals surface area contributed by atoms with Crippen molar-refractivity contribution in [1.82, 2.24) is 5.43 Å². The lowest BCUT2D eigenvalue weighted by Gasteiger charge is -1.92. The van der Waals surface area contributed by atoms with Crippen LogP contribution in [0.5, 0.6) is 0 Å². The molecule has 0 bridgehead atoms. The Morgan fingerprint density at radius 2 is 2.45 bits per heavy atom. The summed E-state index contributed by atoms with van der Waals surface area (Å²) in [7, 11) is 0. The number of hydrogen-bond acceptors (Lipinski definition) is 3. The molecule has 0 aromatic heterocycles. The predicted octanol–water partition coefficient (Wildman–Crippen LogP) is 0.175. The maximum absolute atomic E-state index is 10.7. The van der Waals surface area contributed by atoms with E-state index in [1.165, 1.54) is 6.21 Å². The van der Waals surface area contributed by atoms with Gasteiger partial charge in [0.2, 0.25) is 0 Å². The van der Waals surface area contributed by atoms with Gasteiger partial charge < -0.3 is 5.73 Å². The molecule has 0 spiro atoms. The van der Waals surface area contributed by atoms with Crippen LogP contribution in [0.1, 0.15) is 19.8 Å². The Balaban J connectivity index is 3.44. The van der Waals surface area contributed by atoms with Gasteiger partial charge in [-0.2, -0.15) is 5.10 Å². The molecule has 0 heterocycles. The van der Waals surface area contributed by atoms with Crippen LogP contribution in [0.3, 0.4) is 0 Å². The maximum atomic E-state index is 10.7. The number of thiocarbonyl (C=S) groups is 1. The molecule has 0 aliphatic heterocycles. The summed E-state index contributed by atoms with van der Waals surface area (Å²) in [6, 6.07) is 0. The summed E-state index contributed by atoms with van der Waals surface area (Å²) < 4.78 is 0. The van der Waals surface area contributed by atoms with E-state index in [9.17, 15) is 4.79 Å². The van der Waals surface area contributed by atoms with E-state index in [-0.39, 0.29) is 10.9 Å². The minimum atomic E-state index is 0.102. The summed E-state index contributed by atoms with van der Waals surface area (Å²) in [5.74, 6) is 0.137. The van der Waals surface area contributed by atoms with E-state index in [0.717, 1.165) is 0 Å². The van der Waals surface area contributed by atoms with Crippen molar-refractivity contribution in [1.29, 1.82) is 0 Å². The minimum absolute atomic E-state index is 0.102. The fourth-order valence-corrected chi connectivity index (χ4v) is 0.454. The molecular weight excluding hydrogens is 162 g/mol. The summed E-state index contributed by atoms with van der Waals surface area (Å²) in [6.45, 7) is 1.80. The highest BCUT2D eigenvalue weighted by Crippen LogP contribution is 1.83. The van der Waals surface area contributed by atoms with E-state index < -0.39 is 0 Å². The van der Waals surface area contributed by atoms with Crippen LogP contribution >= 0.6 is 12.2 Å². The molecule has 0 radical (unpaired) electrons. The van der Waals surface area contributed by atoms with Crippen molar-refractivity contribution in [3.05, 3.63) is 0 Å². The molecule has 11 heavy (non-hydrogen) atoms. The summed E-state index contributed by atoms with van der Waals surface area (Å²) >= 11 is 4.47. The molecule has 0 unspecified atom stereocenters. The second-order valence-corrected chi connectivity index (χ2v) is 2.32. The molecule has 0 saturated carbocycles. The van der Waals surface area contributed by atoms with E-state index in [0.29, 0.717) is 12.8 Å². The zero-order chi connectivity index (χ0) is 8.69. The topological polar surface area (TPSA) is 67.5 Å². The first kappa shape index (κ1) is 10.0. The van der Waals surface area contributed by atoms with Gasteiger partial charge in [0.25, 0.3) is 0 Å². The Hall–Kier alpha value is -0.970. The number of nitrogens with zero attached hydrogens (tertiary/aromatic N) is 1. The molecule has 62 valence electrons.